The van der Waals surface area contributed by atoms with Crippen LogP contribution < -0.4 is 45.3 Å². The molecular formula is C73H116N14O20. The van der Waals surface area contributed by atoms with E-state index in [1.165, 1.54) is 0 Å². The summed E-state index contributed by atoms with van der Waals surface area (Å²) in [5.41, 5.74) is 36.8. The second-order valence-corrected chi connectivity index (χ2v) is 30.7. The molecule has 0 heterocycles. The molecule has 0 saturated heterocycles. The SMILES string of the molecule is CC(C)(C)CC(CCCN=C(N)N[N+](=O)[O-])C(=O)OCOC(=O)C(CCCN=C(N)N[N+](=O)[O-])CC(=O)CC(=O)CC(CCCN=C(N)N)C(=O)OCOC(=O)C(CCCN=C(N)N)CC(=O)CC(=O)C(C)(C)C.CC(C)(C)CC(Cc1ccccc1)C(=O)OCOC(=O)C(Cc1ccccc1)CC(C)(C)C. The van der Waals surface area contributed by atoms with E-state index in [9.17, 15) is 68.2 Å². The number of esters is 6. The standard InChI is InChI=1S/C44H76N14O16.C29H40O4/c1-43(2,3)24-30(14-10-18-54-42(50)56-58(69)70)38(66)74-26-73-36(64)28(13-9-17-53-41(49)55-57(67)68)20-32(60)22-31(59)19-27(11-7-15-51-39(45)46)35(63)71-25-72-37(65)29(12-8-16-52-40(47)48)21-33(61)23-34(62)44(4,5)6;1-28(2,3)19-24(17-22-13-9-7-10-14-22)26(30)32-21-33-27(31)25(20-29(4,5)6)18-23-15-11-8-12-16-23/h27-30H,7-26H2,1-6H3,(H4,45,46,51)(H4,47,48,52)(H3,49,53,55)(H3,50,54,56);7-16,24-25H,17-21H2,1-6H3. The molecule has 0 amide bonds. The van der Waals surface area contributed by atoms with E-state index in [-0.39, 0.29) is 148 Å². The summed E-state index contributed by atoms with van der Waals surface area (Å²) in [6.07, 6.45) is 1.20. The summed E-state index contributed by atoms with van der Waals surface area (Å²) in [6, 6.07) is 19.9. The molecule has 598 valence electrons. The lowest BCUT2D eigenvalue weighted by Crippen LogP contribution is -2.36. The number of ketones is 4. The second kappa shape index (κ2) is 48.8. The summed E-state index contributed by atoms with van der Waals surface area (Å²) < 4.78 is 31.8. The van der Waals surface area contributed by atoms with Gasteiger partial charge in [-0.1, -0.05) is 155 Å². The Kier molecular flexibility index (Phi) is 43.3. The van der Waals surface area contributed by atoms with E-state index in [2.05, 4.69) is 61.5 Å². The zero-order chi connectivity index (χ0) is 81.1. The van der Waals surface area contributed by atoms with Crippen molar-refractivity contribution in [3.05, 3.63) is 92.0 Å². The summed E-state index contributed by atoms with van der Waals surface area (Å²) in [6.45, 7) is 21.2. The average Bonchev–Trinajstić information content (AvgIpc) is 0.873. The van der Waals surface area contributed by atoms with Crippen molar-refractivity contribution in [2.45, 2.75) is 199 Å². The number of hydrogen-bond acceptors (Lipinski definition) is 24. The number of nitro groups is 2. The Morgan fingerprint density at radius 2 is 0.654 bits per heavy atom. The van der Waals surface area contributed by atoms with Gasteiger partial charge in [0.15, 0.2) is 22.0 Å². The van der Waals surface area contributed by atoms with Gasteiger partial charge < -0.3 is 62.8 Å². The van der Waals surface area contributed by atoms with Gasteiger partial charge in [0, 0.05) is 50.9 Å². The molecule has 14 N–H and O–H groups in total. The van der Waals surface area contributed by atoms with Crippen LogP contribution in [0.25, 0.3) is 0 Å². The Labute approximate surface area is 626 Å². The van der Waals surface area contributed by atoms with Gasteiger partial charge in [-0.05, 0) is 111 Å². The van der Waals surface area contributed by atoms with E-state index in [4.69, 9.17) is 62.8 Å². The van der Waals surface area contributed by atoms with Crippen LogP contribution in [-0.4, -0.2) is 139 Å². The number of carbonyl (C=O) groups is 10. The lowest BCUT2D eigenvalue weighted by molar-refractivity contribution is -0.525. The molecule has 34 nitrogen and oxygen atoms in total. The van der Waals surface area contributed by atoms with Crippen molar-refractivity contribution < 1.29 is 86.4 Å². The predicted molar refractivity (Wildman–Crippen MR) is 399 cm³/mol. The van der Waals surface area contributed by atoms with Gasteiger partial charge in [-0.2, -0.15) is 0 Å². The van der Waals surface area contributed by atoms with E-state index < -0.39 is 132 Å². The second-order valence-electron chi connectivity index (χ2n) is 30.7. The lowest BCUT2D eigenvalue weighted by Gasteiger charge is -2.26. The Bertz CT molecular complexity index is 3240. The molecule has 2 aromatic carbocycles. The number of nitrogens with one attached hydrogen (secondary N) is 2. The molecule has 6 unspecified atom stereocenters. The molecule has 107 heavy (non-hydrogen) atoms. The molecule has 2 aromatic rings. The molecule has 0 spiro atoms. The normalized spacial score (nSPS) is 13.5. The van der Waals surface area contributed by atoms with Gasteiger partial charge in [-0.3, -0.25) is 57.9 Å². The van der Waals surface area contributed by atoms with Crippen LogP contribution in [-0.2, 0) is 89.2 Å². The van der Waals surface area contributed by atoms with Crippen LogP contribution in [0.1, 0.15) is 197 Å². The highest BCUT2D eigenvalue weighted by Gasteiger charge is 2.34. The van der Waals surface area contributed by atoms with E-state index in [1.807, 2.05) is 81.4 Å². The molecule has 2 rings (SSSR count). The number of carbonyl (C=O) groups excluding carboxylic acids is 10. The maximum atomic E-state index is 13.4. The minimum absolute atomic E-state index is 0.0252. The maximum Gasteiger partial charge on any atom is 0.312 e. The molecule has 0 radical (unpaired) electrons. The van der Waals surface area contributed by atoms with Crippen LogP contribution in [0.3, 0.4) is 0 Å². The highest BCUT2D eigenvalue weighted by Crippen LogP contribution is 2.32. The molecule has 0 aromatic heterocycles. The predicted octanol–water partition coefficient (Wildman–Crippen LogP) is 6.73. The number of hydrazine groups is 2. The average molecular weight is 1510 g/mol. The quantitative estimate of drug-likeness (QED) is 0.00392. The van der Waals surface area contributed by atoms with Crippen LogP contribution in [0.5, 0.6) is 0 Å². The molecule has 6 atom stereocenters. The third-order valence-corrected chi connectivity index (χ3v) is 15.9. The minimum Gasteiger partial charge on any atom is -0.428 e. The number of nitrogens with zero attached hydrogens (tertiary/aromatic N) is 6. The topological polar surface area (TPSA) is 542 Å². The van der Waals surface area contributed by atoms with Gasteiger partial charge in [0.05, 0.1) is 48.3 Å². The van der Waals surface area contributed by atoms with Crippen molar-refractivity contribution >= 4 is 82.8 Å². The molecule has 0 aliphatic rings. The molecule has 0 fully saturated rings. The first kappa shape index (κ1) is 94.8. The van der Waals surface area contributed by atoms with Crippen molar-refractivity contribution in [3.63, 3.8) is 0 Å². The smallest absolute Gasteiger partial charge is 0.312 e. The number of guanidine groups is 4. The van der Waals surface area contributed by atoms with Crippen LogP contribution in [0.2, 0.25) is 0 Å². The van der Waals surface area contributed by atoms with Gasteiger partial charge in [0.25, 0.3) is 11.9 Å². The fourth-order valence-electron chi connectivity index (χ4n) is 11.0. The van der Waals surface area contributed by atoms with Crippen molar-refractivity contribution in [1.82, 2.24) is 10.9 Å². The first-order chi connectivity index (χ1) is 49.8. The van der Waals surface area contributed by atoms with Crippen molar-refractivity contribution in [2.24, 2.45) is 112 Å². The third kappa shape index (κ3) is 47.8. The van der Waals surface area contributed by atoms with E-state index in [0.29, 0.717) is 32.1 Å². The molecule has 0 bridgehead atoms. The van der Waals surface area contributed by atoms with E-state index >= 15 is 0 Å². The van der Waals surface area contributed by atoms with Crippen LogP contribution in [0.4, 0.5) is 0 Å². The highest BCUT2D eigenvalue weighted by atomic mass is 16.7. The summed E-state index contributed by atoms with van der Waals surface area (Å²) in [7, 11) is 0. The Balaban J connectivity index is 0.00000143. The third-order valence-electron chi connectivity index (χ3n) is 15.9. The zero-order valence-electron chi connectivity index (χ0n) is 64.2. The molecule has 0 aliphatic heterocycles. The first-order valence-corrected chi connectivity index (χ1v) is 35.5. The van der Waals surface area contributed by atoms with Crippen molar-refractivity contribution in [3.8, 4) is 0 Å². The maximum absolute atomic E-state index is 13.4. The molecule has 0 saturated carbocycles. The Morgan fingerprint density at radius 3 is 0.935 bits per heavy atom. The van der Waals surface area contributed by atoms with Crippen LogP contribution in [0.15, 0.2) is 80.6 Å². The number of benzene rings is 2. The summed E-state index contributed by atoms with van der Waals surface area (Å²) in [5, 5.41) is 19.5. The lowest BCUT2D eigenvalue weighted by atomic mass is 9.82. The number of aliphatic imine (C=N–C) groups is 4. The van der Waals surface area contributed by atoms with Crippen molar-refractivity contribution in [1.29, 1.82) is 0 Å². The Morgan fingerprint density at radius 1 is 0.393 bits per heavy atom. The number of nitrogens with two attached hydrogens (primary N) is 6. The monoisotopic (exact) mass is 1510 g/mol. The number of Topliss-reactive ketones (excluding diaryl/α,β-unsaturated/α-hetero) is 4. The molecule has 34 heteroatoms. The van der Waals surface area contributed by atoms with Crippen molar-refractivity contribution in [2.75, 3.05) is 46.6 Å². The van der Waals surface area contributed by atoms with Gasteiger partial charge in [0.2, 0.25) is 20.4 Å². The van der Waals surface area contributed by atoms with Gasteiger partial charge in [0.1, 0.15) is 23.1 Å². The van der Waals surface area contributed by atoms with Crippen LogP contribution in [0, 0.1) is 77.4 Å². The Hall–Kier alpha value is -10.2. The van der Waals surface area contributed by atoms with Gasteiger partial charge >= 0.3 is 35.8 Å². The molecular weight excluding hydrogens is 1390 g/mol. The summed E-state index contributed by atoms with van der Waals surface area (Å²) >= 11 is 0. The fourth-order valence-corrected chi connectivity index (χ4v) is 11.0. The number of ether oxygens (including phenoxy) is 6. The highest BCUT2D eigenvalue weighted by molar-refractivity contribution is 6.02. The molecule has 0 aliphatic carbocycles. The number of hydrogen-bond donors (Lipinski definition) is 8. The first-order valence-electron chi connectivity index (χ1n) is 35.5. The van der Waals surface area contributed by atoms with Gasteiger partial charge in [-0.25, -0.2) is 30.2 Å². The fraction of sp³-hybridized carbons (Fsp3) is 0.644. The zero-order valence-corrected chi connectivity index (χ0v) is 64.2. The van der Waals surface area contributed by atoms with E-state index in [0.717, 1.165) is 11.1 Å². The number of rotatable bonds is 47. The summed E-state index contributed by atoms with van der Waals surface area (Å²) in [5.74, 6) is -12.8. The largest absolute Gasteiger partial charge is 0.428 e. The van der Waals surface area contributed by atoms with E-state index in [1.54, 1.807) is 31.6 Å². The minimum atomic E-state index is -1.24. The van der Waals surface area contributed by atoms with Crippen LogP contribution >= 0.6 is 0 Å². The summed E-state index contributed by atoms with van der Waals surface area (Å²) in [4.78, 5) is 167. The van der Waals surface area contributed by atoms with Gasteiger partial charge in [-0.15, -0.1) is 0 Å².